The van der Waals surface area contributed by atoms with Crippen LogP contribution in [0, 0.1) is 11.7 Å². The van der Waals surface area contributed by atoms with Gasteiger partial charge in [-0.2, -0.15) is 0 Å². The molecule has 0 aliphatic heterocycles. The highest BCUT2D eigenvalue weighted by Crippen LogP contribution is 2.05. The quantitative estimate of drug-likeness (QED) is 0.730. The van der Waals surface area contributed by atoms with Gasteiger partial charge in [0.05, 0.1) is 6.10 Å². The Bertz CT molecular complexity index is 359. The van der Waals surface area contributed by atoms with Gasteiger partial charge in [0.25, 0.3) is 0 Å². The molecule has 100 valence electrons. The van der Waals surface area contributed by atoms with Crippen LogP contribution in [0.25, 0.3) is 6.08 Å². The van der Waals surface area contributed by atoms with Crippen molar-refractivity contribution in [1.29, 1.82) is 0 Å². The van der Waals surface area contributed by atoms with E-state index < -0.39 is 0 Å². The molecule has 0 aromatic heterocycles. The fourth-order valence-corrected chi connectivity index (χ4v) is 1.85. The zero-order valence-corrected chi connectivity index (χ0v) is 11.1. The van der Waals surface area contributed by atoms with Crippen molar-refractivity contribution in [3.05, 3.63) is 41.7 Å². The lowest BCUT2D eigenvalue weighted by atomic mass is 10.1. The maximum atomic E-state index is 12.7. The van der Waals surface area contributed by atoms with E-state index in [0.717, 1.165) is 25.1 Å². The van der Waals surface area contributed by atoms with Crippen LogP contribution in [-0.2, 0) is 0 Å². The third-order valence-electron chi connectivity index (χ3n) is 2.68. The lowest BCUT2D eigenvalue weighted by Crippen LogP contribution is -2.23. The van der Waals surface area contributed by atoms with E-state index in [1.807, 2.05) is 19.1 Å². The molecule has 3 heteroatoms. The fourth-order valence-electron chi connectivity index (χ4n) is 1.85. The van der Waals surface area contributed by atoms with Crippen molar-refractivity contribution in [3.63, 3.8) is 0 Å². The summed E-state index contributed by atoms with van der Waals surface area (Å²) in [6, 6.07) is 6.42. The zero-order chi connectivity index (χ0) is 13.4. The molecule has 0 radical (unpaired) electrons. The van der Waals surface area contributed by atoms with Crippen LogP contribution in [0.15, 0.2) is 30.3 Å². The first kappa shape index (κ1) is 14.9. The number of halogens is 1. The monoisotopic (exact) mass is 251 g/mol. The van der Waals surface area contributed by atoms with Crippen LogP contribution in [0.5, 0.6) is 0 Å². The first-order chi connectivity index (χ1) is 8.58. The third-order valence-corrected chi connectivity index (χ3v) is 2.68. The second-order valence-corrected chi connectivity index (χ2v) is 4.80. The normalized spacial score (nSPS) is 14.9. The first-order valence-corrected chi connectivity index (χ1v) is 6.39. The molecule has 0 bridgehead atoms. The Morgan fingerprint density at radius 3 is 2.56 bits per heavy atom. The SMILES string of the molecule is CC(O)CC(C)CNC/C=C/c1ccc(F)cc1. The minimum Gasteiger partial charge on any atom is -0.393 e. The highest BCUT2D eigenvalue weighted by atomic mass is 19.1. The standard InChI is InChI=1S/C15H22FNO/c1-12(10-13(2)18)11-17-9-3-4-14-5-7-15(16)8-6-14/h3-8,12-13,17-18H,9-11H2,1-2H3/b4-3+. The Balaban J connectivity index is 2.19. The van der Waals surface area contributed by atoms with Crippen LogP contribution in [0.3, 0.4) is 0 Å². The lowest BCUT2D eigenvalue weighted by Gasteiger charge is -2.13. The number of hydrogen-bond acceptors (Lipinski definition) is 2. The molecule has 0 fully saturated rings. The van der Waals surface area contributed by atoms with Gasteiger partial charge in [-0.3, -0.25) is 0 Å². The molecule has 0 spiro atoms. The molecule has 0 saturated heterocycles. The molecule has 2 N–H and O–H groups in total. The highest BCUT2D eigenvalue weighted by Gasteiger charge is 2.04. The Morgan fingerprint density at radius 2 is 1.94 bits per heavy atom. The lowest BCUT2D eigenvalue weighted by molar-refractivity contribution is 0.163. The van der Waals surface area contributed by atoms with Crippen molar-refractivity contribution in [2.75, 3.05) is 13.1 Å². The summed E-state index contributed by atoms with van der Waals surface area (Å²) in [6.07, 6.45) is 4.56. The Hall–Kier alpha value is -1.19. The van der Waals surface area contributed by atoms with Gasteiger partial charge in [0.2, 0.25) is 0 Å². The van der Waals surface area contributed by atoms with Crippen molar-refractivity contribution in [1.82, 2.24) is 5.32 Å². The largest absolute Gasteiger partial charge is 0.393 e. The molecule has 18 heavy (non-hydrogen) atoms. The van der Waals surface area contributed by atoms with Crippen LogP contribution in [-0.4, -0.2) is 24.3 Å². The molecular weight excluding hydrogens is 229 g/mol. The predicted octanol–water partition coefficient (Wildman–Crippen LogP) is 2.84. The Morgan fingerprint density at radius 1 is 1.28 bits per heavy atom. The van der Waals surface area contributed by atoms with Gasteiger partial charge >= 0.3 is 0 Å². The van der Waals surface area contributed by atoms with Crippen LogP contribution in [0.2, 0.25) is 0 Å². The fraction of sp³-hybridized carbons (Fsp3) is 0.467. The number of hydrogen-bond donors (Lipinski definition) is 2. The average molecular weight is 251 g/mol. The molecule has 1 aromatic rings. The second kappa shape index (κ2) is 8.01. The number of nitrogens with one attached hydrogen (secondary N) is 1. The van der Waals surface area contributed by atoms with Gasteiger partial charge in [-0.1, -0.05) is 31.2 Å². The van der Waals surface area contributed by atoms with E-state index >= 15 is 0 Å². The van der Waals surface area contributed by atoms with Crippen LogP contribution in [0.4, 0.5) is 4.39 Å². The summed E-state index contributed by atoms with van der Waals surface area (Å²) in [5.41, 5.74) is 0.996. The van der Waals surface area contributed by atoms with Gasteiger partial charge in [-0.15, -0.1) is 0 Å². The molecule has 0 heterocycles. The zero-order valence-electron chi connectivity index (χ0n) is 11.1. The van der Waals surface area contributed by atoms with Crippen LogP contribution in [0.1, 0.15) is 25.8 Å². The summed E-state index contributed by atoms with van der Waals surface area (Å²) in [4.78, 5) is 0. The van der Waals surface area contributed by atoms with Crippen LogP contribution < -0.4 is 5.32 Å². The third kappa shape index (κ3) is 6.52. The molecule has 0 saturated carbocycles. The Labute approximate surface area is 109 Å². The van der Waals surface area contributed by atoms with Gasteiger partial charge in [0.1, 0.15) is 5.82 Å². The molecule has 2 nitrogen and oxygen atoms in total. The number of aliphatic hydroxyl groups excluding tert-OH is 1. The summed E-state index contributed by atoms with van der Waals surface area (Å²) < 4.78 is 12.7. The van der Waals surface area contributed by atoms with Gasteiger partial charge in [0.15, 0.2) is 0 Å². The summed E-state index contributed by atoms with van der Waals surface area (Å²) >= 11 is 0. The van der Waals surface area contributed by atoms with E-state index in [4.69, 9.17) is 0 Å². The summed E-state index contributed by atoms with van der Waals surface area (Å²) in [5, 5.41) is 12.5. The first-order valence-electron chi connectivity index (χ1n) is 6.39. The summed E-state index contributed by atoms with van der Waals surface area (Å²) in [7, 11) is 0. The van der Waals surface area contributed by atoms with Gasteiger partial charge < -0.3 is 10.4 Å². The molecule has 1 rings (SSSR count). The van der Waals surface area contributed by atoms with E-state index in [1.165, 1.54) is 12.1 Å². The Kier molecular flexibility index (Phi) is 6.61. The van der Waals surface area contributed by atoms with Gasteiger partial charge in [-0.25, -0.2) is 4.39 Å². The van der Waals surface area contributed by atoms with Gasteiger partial charge in [0, 0.05) is 6.54 Å². The van der Waals surface area contributed by atoms with E-state index in [2.05, 4.69) is 12.2 Å². The smallest absolute Gasteiger partial charge is 0.123 e. The average Bonchev–Trinajstić information content (AvgIpc) is 2.30. The molecule has 2 unspecified atom stereocenters. The van der Waals surface area contributed by atoms with Crippen molar-refractivity contribution in [2.24, 2.45) is 5.92 Å². The van der Waals surface area contributed by atoms with Gasteiger partial charge in [-0.05, 0) is 43.5 Å². The molecule has 0 amide bonds. The maximum Gasteiger partial charge on any atom is 0.123 e. The van der Waals surface area contributed by atoms with E-state index in [1.54, 1.807) is 12.1 Å². The van der Waals surface area contributed by atoms with Crippen LogP contribution >= 0.6 is 0 Å². The second-order valence-electron chi connectivity index (χ2n) is 4.80. The molecule has 0 aliphatic carbocycles. The molecule has 1 aromatic carbocycles. The number of aliphatic hydroxyl groups is 1. The summed E-state index contributed by atoms with van der Waals surface area (Å²) in [6.45, 7) is 5.59. The minimum atomic E-state index is -0.239. The number of rotatable bonds is 7. The molecule has 0 aliphatic rings. The highest BCUT2D eigenvalue weighted by molar-refractivity contribution is 5.48. The number of benzene rings is 1. The minimum absolute atomic E-state index is 0.211. The van der Waals surface area contributed by atoms with E-state index in [9.17, 15) is 9.50 Å². The van der Waals surface area contributed by atoms with Crippen molar-refractivity contribution < 1.29 is 9.50 Å². The summed E-state index contributed by atoms with van der Waals surface area (Å²) in [5.74, 6) is 0.251. The van der Waals surface area contributed by atoms with E-state index in [-0.39, 0.29) is 11.9 Å². The molecular formula is C15H22FNO. The van der Waals surface area contributed by atoms with E-state index in [0.29, 0.717) is 5.92 Å². The topological polar surface area (TPSA) is 32.3 Å². The van der Waals surface area contributed by atoms with Crippen molar-refractivity contribution in [2.45, 2.75) is 26.4 Å². The van der Waals surface area contributed by atoms with Crippen molar-refractivity contribution >= 4 is 6.08 Å². The van der Waals surface area contributed by atoms with Crippen molar-refractivity contribution in [3.8, 4) is 0 Å². The molecule has 2 atom stereocenters. The maximum absolute atomic E-state index is 12.7. The predicted molar refractivity (Wildman–Crippen MR) is 73.8 cm³/mol.